The molecule has 0 amide bonds. The van der Waals surface area contributed by atoms with Gasteiger partial charge in [0.2, 0.25) is 0 Å². The summed E-state index contributed by atoms with van der Waals surface area (Å²) in [5, 5.41) is 10.5. The van der Waals surface area contributed by atoms with Crippen LogP contribution in [0.15, 0.2) is 41.8 Å². The third-order valence-electron chi connectivity index (χ3n) is 2.94. The number of halogens is 3. The molecule has 2 aromatic rings. The highest BCUT2D eigenvalue weighted by atomic mass is 32.2. The number of aromatic nitrogens is 2. The Morgan fingerprint density at radius 3 is 2.45 bits per heavy atom. The number of nitrogens with zero attached hydrogens (tertiary/aromatic N) is 2. The second kappa shape index (κ2) is 7.11. The molecule has 0 aliphatic rings. The molecule has 1 aromatic heterocycles. The van der Waals surface area contributed by atoms with Gasteiger partial charge in [0, 0.05) is 18.1 Å². The average Bonchev–Trinajstić information content (AvgIpc) is 2.46. The molecule has 0 aliphatic heterocycles. The topological polar surface area (TPSA) is 46.0 Å². The summed E-state index contributed by atoms with van der Waals surface area (Å²) in [6.45, 7) is 1.86. The maximum Gasteiger partial charge on any atom is 0.416 e. The van der Waals surface area contributed by atoms with Crippen LogP contribution in [0, 0.1) is 6.92 Å². The van der Waals surface area contributed by atoms with Crippen molar-refractivity contribution in [2.75, 3.05) is 5.75 Å². The van der Waals surface area contributed by atoms with Crippen LogP contribution < -0.4 is 0 Å². The molecular formula is C15H15F3N2OS. The molecule has 22 heavy (non-hydrogen) atoms. The van der Waals surface area contributed by atoms with E-state index in [-0.39, 0.29) is 17.7 Å². The molecule has 0 spiro atoms. The van der Waals surface area contributed by atoms with Crippen molar-refractivity contribution in [1.29, 1.82) is 0 Å². The summed E-state index contributed by atoms with van der Waals surface area (Å²) >= 11 is 1.22. The SMILES string of the molecule is Cc1cnc(SCC(O)Cc2ccccc2C(F)(F)F)nc1. The highest BCUT2D eigenvalue weighted by Gasteiger charge is 2.33. The van der Waals surface area contributed by atoms with Gasteiger partial charge in [-0.05, 0) is 30.5 Å². The van der Waals surface area contributed by atoms with Gasteiger partial charge in [-0.25, -0.2) is 9.97 Å². The van der Waals surface area contributed by atoms with E-state index in [1.807, 2.05) is 6.92 Å². The van der Waals surface area contributed by atoms with Crippen molar-refractivity contribution in [2.45, 2.75) is 30.8 Å². The van der Waals surface area contributed by atoms with Gasteiger partial charge >= 0.3 is 6.18 Å². The third-order valence-corrected chi connectivity index (χ3v) is 3.96. The van der Waals surface area contributed by atoms with Crippen LogP contribution in [0.1, 0.15) is 16.7 Å². The molecule has 7 heteroatoms. The van der Waals surface area contributed by atoms with Crippen LogP contribution in [-0.4, -0.2) is 26.9 Å². The molecule has 0 radical (unpaired) electrons. The molecule has 0 bridgehead atoms. The lowest BCUT2D eigenvalue weighted by Gasteiger charge is -2.15. The molecule has 0 saturated carbocycles. The van der Waals surface area contributed by atoms with Crippen LogP contribution in [0.25, 0.3) is 0 Å². The van der Waals surface area contributed by atoms with Gasteiger partial charge in [0.25, 0.3) is 0 Å². The summed E-state index contributed by atoms with van der Waals surface area (Å²) in [7, 11) is 0. The van der Waals surface area contributed by atoms with Gasteiger partial charge in [-0.3, -0.25) is 0 Å². The number of benzene rings is 1. The number of rotatable bonds is 5. The zero-order chi connectivity index (χ0) is 16.2. The monoisotopic (exact) mass is 328 g/mol. The predicted molar refractivity (Wildman–Crippen MR) is 78.6 cm³/mol. The average molecular weight is 328 g/mol. The number of hydrogen-bond donors (Lipinski definition) is 1. The minimum Gasteiger partial charge on any atom is -0.392 e. The Kier molecular flexibility index (Phi) is 5.42. The molecule has 0 fully saturated rings. The molecule has 1 heterocycles. The lowest BCUT2D eigenvalue weighted by atomic mass is 10.0. The number of hydrogen-bond acceptors (Lipinski definition) is 4. The van der Waals surface area contributed by atoms with Crippen LogP contribution in [0.4, 0.5) is 13.2 Å². The normalized spacial score (nSPS) is 13.1. The van der Waals surface area contributed by atoms with Crippen LogP contribution in [-0.2, 0) is 12.6 Å². The minimum absolute atomic E-state index is 0.0610. The Labute approximate surface area is 130 Å². The molecule has 1 aromatic carbocycles. The number of aliphatic hydroxyl groups excluding tert-OH is 1. The molecule has 0 saturated heterocycles. The van der Waals surface area contributed by atoms with Gasteiger partial charge in [-0.1, -0.05) is 30.0 Å². The van der Waals surface area contributed by atoms with E-state index in [2.05, 4.69) is 9.97 Å². The highest BCUT2D eigenvalue weighted by molar-refractivity contribution is 7.99. The van der Waals surface area contributed by atoms with Crippen molar-refractivity contribution < 1.29 is 18.3 Å². The summed E-state index contributed by atoms with van der Waals surface area (Å²) in [5.74, 6) is 0.231. The van der Waals surface area contributed by atoms with E-state index in [4.69, 9.17) is 0 Å². The smallest absolute Gasteiger partial charge is 0.392 e. The first-order valence-corrected chi connectivity index (χ1v) is 7.59. The van der Waals surface area contributed by atoms with E-state index in [0.29, 0.717) is 5.16 Å². The van der Waals surface area contributed by atoms with Crippen molar-refractivity contribution in [1.82, 2.24) is 9.97 Å². The zero-order valence-corrected chi connectivity index (χ0v) is 12.7. The van der Waals surface area contributed by atoms with Crippen molar-refractivity contribution in [3.8, 4) is 0 Å². The van der Waals surface area contributed by atoms with E-state index in [1.165, 1.54) is 30.0 Å². The largest absolute Gasteiger partial charge is 0.416 e. The van der Waals surface area contributed by atoms with E-state index in [1.54, 1.807) is 12.4 Å². The molecule has 1 N–H and O–H groups in total. The van der Waals surface area contributed by atoms with Crippen molar-refractivity contribution in [3.05, 3.63) is 53.3 Å². The fraction of sp³-hybridized carbons (Fsp3) is 0.333. The molecule has 1 unspecified atom stereocenters. The Bertz CT molecular complexity index is 617. The second-order valence-electron chi connectivity index (χ2n) is 4.87. The fourth-order valence-electron chi connectivity index (χ4n) is 1.91. The summed E-state index contributed by atoms with van der Waals surface area (Å²) in [5.41, 5.74) is 0.308. The second-order valence-corrected chi connectivity index (χ2v) is 5.85. The first-order valence-electron chi connectivity index (χ1n) is 6.61. The van der Waals surface area contributed by atoms with Crippen molar-refractivity contribution in [2.24, 2.45) is 0 Å². The first-order chi connectivity index (χ1) is 10.4. The lowest BCUT2D eigenvalue weighted by molar-refractivity contribution is -0.138. The van der Waals surface area contributed by atoms with E-state index < -0.39 is 17.8 Å². The molecule has 3 nitrogen and oxygen atoms in total. The van der Waals surface area contributed by atoms with Gasteiger partial charge in [-0.2, -0.15) is 13.2 Å². The maximum absolute atomic E-state index is 12.9. The summed E-state index contributed by atoms with van der Waals surface area (Å²) in [6, 6.07) is 5.29. The lowest BCUT2D eigenvalue weighted by Crippen LogP contribution is -2.17. The molecule has 2 rings (SSSR count). The van der Waals surface area contributed by atoms with Gasteiger partial charge in [0.1, 0.15) is 0 Å². The van der Waals surface area contributed by atoms with E-state index in [9.17, 15) is 18.3 Å². The zero-order valence-electron chi connectivity index (χ0n) is 11.8. The summed E-state index contributed by atoms with van der Waals surface area (Å²) in [6.07, 6.45) is -2.07. The maximum atomic E-state index is 12.9. The summed E-state index contributed by atoms with van der Waals surface area (Å²) in [4.78, 5) is 8.15. The van der Waals surface area contributed by atoms with Crippen LogP contribution in [0.2, 0.25) is 0 Å². The Morgan fingerprint density at radius 2 is 1.82 bits per heavy atom. The van der Waals surface area contributed by atoms with Gasteiger partial charge in [0.15, 0.2) is 5.16 Å². The molecule has 0 aliphatic carbocycles. The first kappa shape index (κ1) is 16.8. The van der Waals surface area contributed by atoms with Crippen LogP contribution in [0.5, 0.6) is 0 Å². The highest BCUT2D eigenvalue weighted by Crippen LogP contribution is 2.32. The summed E-state index contributed by atoms with van der Waals surface area (Å²) < 4.78 is 38.6. The predicted octanol–water partition coefficient (Wildman–Crippen LogP) is 3.50. The van der Waals surface area contributed by atoms with Gasteiger partial charge < -0.3 is 5.11 Å². The minimum atomic E-state index is -4.41. The van der Waals surface area contributed by atoms with Crippen molar-refractivity contribution >= 4 is 11.8 Å². The van der Waals surface area contributed by atoms with Crippen LogP contribution >= 0.6 is 11.8 Å². The molecular weight excluding hydrogens is 313 g/mol. The quantitative estimate of drug-likeness (QED) is 0.674. The number of alkyl halides is 3. The molecule has 1 atom stereocenters. The standard InChI is InChI=1S/C15H15F3N2OS/c1-10-7-19-14(20-8-10)22-9-12(21)6-11-4-2-3-5-13(11)15(16,17)18/h2-5,7-8,12,21H,6,9H2,1H3. The number of aryl methyl sites for hydroxylation is 1. The van der Waals surface area contributed by atoms with E-state index in [0.717, 1.165) is 11.6 Å². The van der Waals surface area contributed by atoms with E-state index >= 15 is 0 Å². The Morgan fingerprint density at radius 1 is 1.18 bits per heavy atom. The Hall–Kier alpha value is -1.60. The number of aliphatic hydroxyl groups is 1. The van der Waals surface area contributed by atoms with Crippen molar-refractivity contribution in [3.63, 3.8) is 0 Å². The van der Waals surface area contributed by atoms with Gasteiger partial charge in [-0.15, -0.1) is 0 Å². The molecule has 118 valence electrons. The van der Waals surface area contributed by atoms with Gasteiger partial charge in [0.05, 0.1) is 11.7 Å². The Balaban J connectivity index is 1.98. The number of thioether (sulfide) groups is 1. The van der Waals surface area contributed by atoms with Crippen LogP contribution in [0.3, 0.4) is 0 Å². The third kappa shape index (κ3) is 4.71. The fourth-order valence-corrected chi connectivity index (χ4v) is 2.63.